The minimum absolute atomic E-state index is 0.120. The molecule has 3 rings (SSSR count). The third-order valence-corrected chi connectivity index (χ3v) is 5.06. The number of nitrogens with one attached hydrogen (secondary N) is 1. The molecule has 0 saturated carbocycles. The summed E-state index contributed by atoms with van der Waals surface area (Å²) in [6.07, 6.45) is 4.61. The number of amides is 1. The summed E-state index contributed by atoms with van der Waals surface area (Å²) in [5.41, 5.74) is 0.714. The zero-order valence-electron chi connectivity index (χ0n) is 14.1. The van der Waals surface area contributed by atoms with Gasteiger partial charge >= 0.3 is 0 Å². The van der Waals surface area contributed by atoms with Crippen LogP contribution in [0, 0.1) is 11.8 Å². The lowest BCUT2D eigenvalue weighted by molar-refractivity contribution is 0.0691. The van der Waals surface area contributed by atoms with Crippen molar-refractivity contribution in [3.8, 4) is 5.75 Å². The van der Waals surface area contributed by atoms with Crippen molar-refractivity contribution in [3.63, 3.8) is 0 Å². The Morgan fingerprint density at radius 1 is 1.26 bits per heavy atom. The quantitative estimate of drug-likeness (QED) is 0.928. The van der Waals surface area contributed by atoms with Gasteiger partial charge in [-0.3, -0.25) is 4.79 Å². The molecule has 2 aliphatic heterocycles. The predicted octanol–water partition coefficient (Wildman–Crippen LogP) is 2.94. The van der Waals surface area contributed by atoms with Crippen LogP contribution in [0.3, 0.4) is 0 Å². The van der Waals surface area contributed by atoms with Gasteiger partial charge in [0.15, 0.2) is 0 Å². The topological polar surface area (TPSA) is 41.6 Å². The summed E-state index contributed by atoms with van der Waals surface area (Å²) in [4.78, 5) is 14.8. The number of rotatable bonds is 4. The molecule has 0 aromatic heterocycles. The van der Waals surface area contributed by atoms with E-state index in [0.717, 1.165) is 50.7 Å². The zero-order chi connectivity index (χ0) is 16.1. The molecule has 1 aromatic rings. The number of hydrogen-bond donors (Lipinski definition) is 1. The van der Waals surface area contributed by atoms with Crippen molar-refractivity contribution < 1.29 is 9.53 Å². The first-order chi connectivity index (χ1) is 11.2. The average molecular weight is 316 g/mol. The Labute approximate surface area is 139 Å². The Bertz CT molecular complexity index is 518. The minimum Gasteiger partial charge on any atom is -0.492 e. The highest BCUT2D eigenvalue weighted by Gasteiger charge is 2.24. The molecule has 1 N–H and O–H groups in total. The predicted molar refractivity (Wildman–Crippen MR) is 91.8 cm³/mol. The van der Waals surface area contributed by atoms with Crippen LogP contribution in [-0.4, -0.2) is 43.6 Å². The first kappa shape index (κ1) is 16.3. The molecule has 2 fully saturated rings. The van der Waals surface area contributed by atoms with E-state index in [2.05, 4.69) is 12.2 Å². The van der Waals surface area contributed by atoms with Gasteiger partial charge in [0, 0.05) is 25.6 Å². The van der Waals surface area contributed by atoms with Crippen LogP contribution < -0.4 is 10.1 Å². The number of ether oxygens (including phenoxy) is 1. The van der Waals surface area contributed by atoms with Crippen molar-refractivity contribution in [2.24, 2.45) is 11.8 Å². The summed E-state index contributed by atoms with van der Waals surface area (Å²) >= 11 is 0. The third-order valence-electron chi connectivity index (χ3n) is 5.06. The Balaban J connectivity index is 1.63. The van der Waals surface area contributed by atoms with Gasteiger partial charge in [-0.1, -0.05) is 19.1 Å². The SMILES string of the molecule is CC1CCN(C(=O)c2ccccc2OC[C@@H]2CCCNC2)CC1. The molecule has 4 nitrogen and oxygen atoms in total. The molecule has 4 heteroatoms. The molecule has 2 saturated heterocycles. The molecule has 0 bridgehead atoms. The van der Waals surface area contributed by atoms with E-state index in [0.29, 0.717) is 18.1 Å². The van der Waals surface area contributed by atoms with Crippen LogP contribution in [0.5, 0.6) is 5.75 Å². The van der Waals surface area contributed by atoms with Gasteiger partial charge < -0.3 is 15.0 Å². The lowest BCUT2D eigenvalue weighted by atomic mass is 9.98. The van der Waals surface area contributed by atoms with Crippen molar-refractivity contribution >= 4 is 5.91 Å². The standard InChI is InChI=1S/C19H28N2O2/c1-15-8-11-21(12-9-15)19(22)17-6-2-3-7-18(17)23-14-16-5-4-10-20-13-16/h2-3,6-7,15-16,20H,4-5,8-14H2,1H3/t16-/m1/s1. The second-order valence-corrected chi connectivity index (χ2v) is 6.99. The van der Waals surface area contributed by atoms with Crippen LogP contribution in [0.4, 0.5) is 0 Å². The first-order valence-corrected chi connectivity index (χ1v) is 8.96. The van der Waals surface area contributed by atoms with Crippen molar-refractivity contribution in [1.82, 2.24) is 10.2 Å². The number of hydrogen-bond acceptors (Lipinski definition) is 3. The normalized spacial score (nSPS) is 22.8. The number of para-hydroxylation sites is 1. The van der Waals surface area contributed by atoms with E-state index in [4.69, 9.17) is 4.74 Å². The van der Waals surface area contributed by atoms with Crippen molar-refractivity contribution in [2.45, 2.75) is 32.6 Å². The number of carbonyl (C=O) groups is 1. The monoisotopic (exact) mass is 316 g/mol. The highest BCUT2D eigenvalue weighted by Crippen LogP contribution is 2.24. The summed E-state index contributed by atoms with van der Waals surface area (Å²) in [6, 6.07) is 7.70. The molecular formula is C19H28N2O2. The summed E-state index contributed by atoms with van der Waals surface area (Å²) < 4.78 is 6.02. The molecule has 1 aromatic carbocycles. The molecular weight excluding hydrogens is 288 g/mol. The Hall–Kier alpha value is -1.55. The number of piperidine rings is 2. The van der Waals surface area contributed by atoms with Crippen LogP contribution in [0.2, 0.25) is 0 Å². The van der Waals surface area contributed by atoms with E-state index in [1.54, 1.807) is 0 Å². The van der Waals surface area contributed by atoms with E-state index < -0.39 is 0 Å². The summed E-state index contributed by atoms with van der Waals surface area (Å²) in [6.45, 7) is 6.80. The van der Waals surface area contributed by atoms with E-state index in [1.807, 2.05) is 29.2 Å². The zero-order valence-corrected chi connectivity index (χ0v) is 14.1. The van der Waals surface area contributed by atoms with Gasteiger partial charge in [-0.25, -0.2) is 0 Å². The number of nitrogens with zero attached hydrogens (tertiary/aromatic N) is 1. The maximum atomic E-state index is 12.8. The molecule has 126 valence electrons. The number of benzene rings is 1. The fraction of sp³-hybridized carbons (Fsp3) is 0.632. The van der Waals surface area contributed by atoms with Crippen LogP contribution in [-0.2, 0) is 0 Å². The van der Waals surface area contributed by atoms with Crippen LogP contribution in [0.1, 0.15) is 43.0 Å². The lowest BCUT2D eigenvalue weighted by Gasteiger charge is -2.31. The van der Waals surface area contributed by atoms with Crippen LogP contribution in [0.25, 0.3) is 0 Å². The maximum absolute atomic E-state index is 12.8. The van der Waals surface area contributed by atoms with Crippen molar-refractivity contribution in [2.75, 3.05) is 32.8 Å². The highest BCUT2D eigenvalue weighted by molar-refractivity contribution is 5.97. The van der Waals surface area contributed by atoms with Gasteiger partial charge in [-0.15, -0.1) is 0 Å². The second-order valence-electron chi connectivity index (χ2n) is 6.99. The van der Waals surface area contributed by atoms with Gasteiger partial charge in [0.25, 0.3) is 5.91 Å². The lowest BCUT2D eigenvalue weighted by Crippen LogP contribution is -2.38. The molecule has 1 amide bonds. The molecule has 1 atom stereocenters. The summed E-state index contributed by atoms with van der Waals surface area (Å²) in [7, 11) is 0. The molecule has 2 aliphatic rings. The number of likely N-dealkylation sites (tertiary alicyclic amines) is 1. The average Bonchev–Trinajstić information content (AvgIpc) is 2.61. The number of carbonyl (C=O) groups excluding carboxylic acids is 1. The fourth-order valence-electron chi connectivity index (χ4n) is 3.43. The van der Waals surface area contributed by atoms with Gasteiger partial charge in [-0.2, -0.15) is 0 Å². The van der Waals surface area contributed by atoms with Crippen molar-refractivity contribution in [3.05, 3.63) is 29.8 Å². The molecule has 0 aliphatic carbocycles. The van der Waals surface area contributed by atoms with Gasteiger partial charge in [0.2, 0.25) is 0 Å². The first-order valence-electron chi connectivity index (χ1n) is 8.96. The maximum Gasteiger partial charge on any atom is 0.257 e. The van der Waals surface area contributed by atoms with E-state index >= 15 is 0 Å². The van der Waals surface area contributed by atoms with Gasteiger partial charge in [0.1, 0.15) is 5.75 Å². The summed E-state index contributed by atoms with van der Waals surface area (Å²) in [5.74, 6) is 2.13. The van der Waals surface area contributed by atoms with E-state index in [-0.39, 0.29) is 5.91 Å². The Kier molecular flexibility index (Phi) is 5.55. The second kappa shape index (κ2) is 7.82. The van der Waals surface area contributed by atoms with E-state index in [9.17, 15) is 4.79 Å². The largest absolute Gasteiger partial charge is 0.492 e. The third kappa shape index (κ3) is 4.25. The Morgan fingerprint density at radius 3 is 2.78 bits per heavy atom. The van der Waals surface area contributed by atoms with Crippen molar-refractivity contribution in [1.29, 1.82) is 0 Å². The van der Waals surface area contributed by atoms with Crippen LogP contribution in [0.15, 0.2) is 24.3 Å². The van der Waals surface area contributed by atoms with Gasteiger partial charge in [0.05, 0.1) is 12.2 Å². The highest BCUT2D eigenvalue weighted by atomic mass is 16.5. The fourth-order valence-corrected chi connectivity index (χ4v) is 3.43. The molecule has 2 heterocycles. The Morgan fingerprint density at radius 2 is 2.04 bits per heavy atom. The van der Waals surface area contributed by atoms with Gasteiger partial charge in [-0.05, 0) is 50.3 Å². The minimum atomic E-state index is 0.120. The molecule has 0 radical (unpaired) electrons. The molecule has 0 unspecified atom stereocenters. The van der Waals surface area contributed by atoms with Crippen LogP contribution >= 0.6 is 0 Å². The molecule has 0 spiro atoms. The molecule has 23 heavy (non-hydrogen) atoms. The smallest absolute Gasteiger partial charge is 0.257 e. The van der Waals surface area contributed by atoms with E-state index in [1.165, 1.54) is 12.8 Å². The summed E-state index contributed by atoms with van der Waals surface area (Å²) in [5, 5.41) is 3.41.